The van der Waals surface area contributed by atoms with E-state index in [1.54, 1.807) is 6.07 Å². The highest BCUT2D eigenvalue weighted by molar-refractivity contribution is 9.10. The lowest BCUT2D eigenvalue weighted by atomic mass is 10.3. The van der Waals surface area contributed by atoms with E-state index in [0.29, 0.717) is 10.6 Å². The zero-order valence-electron chi connectivity index (χ0n) is 7.64. The first-order valence-corrected chi connectivity index (χ1v) is 5.93. The number of ether oxygens (including phenoxy) is 1. The largest absolute Gasteiger partial charge is 0.455 e. The lowest BCUT2D eigenvalue weighted by Crippen LogP contribution is -1.82. The Labute approximate surface area is 99.6 Å². The van der Waals surface area contributed by atoms with E-state index in [2.05, 4.69) is 15.9 Å². The van der Waals surface area contributed by atoms with Crippen LogP contribution in [0.1, 0.15) is 9.67 Å². The number of hydrogen-bond donors (Lipinski definition) is 0. The third-order valence-electron chi connectivity index (χ3n) is 1.78. The maximum atomic E-state index is 10.5. The molecule has 0 bridgehead atoms. The van der Waals surface area contributed by atoms with Crippen LogP contribution in [0.3, 0.4) is 0 Å². The fraction of sp³-hybridized carbons (Fsp3) is 0. The highest BCUT2D eigenvalue weighted by Crippen LogP contribution is 2.31. The van der Waals surface area contributed by atoms with Crippen molar-refractivity contribution in [3.63, 3.8) is 0 Å². The predicted octanol–water partition coefficient (Wildman–Crippen LogP) is 4.12. The summed E-state index contributed by atoms with van der Waals surface area (Å²) in [5.74, 6) is 1.43. The Morgan fingerprint density at radius 3 is 2.80 bits per heavy atom. The van der Waals surface area contributed by atoms with E-state index in [0.717, 1.165) is 16.5 Å². The molecule has 1 aromatic heterocycles. The second-order valence-electron chi connectivity index (χ2n) is 2.84. The van der Waals surface area contributed by atoms with Crippen LogP contribution in [0.4, 0.5) is 0 Å². The second kappa shape index (κ2) is 4.59. The molecular formula is C11H7BrO2S. The van der Waals surface area contributed by atoms with Gasteiger partial charge in [-0.3, -0.25) is 4.79 Å². The molecule has 0 aliphatic rings. The summed E-state index contributed by atoms with van der Waals surface area (Å²) in [6.45, 7) is 0. The summed E-state index contributed by atoms with van der Waals surface area (Å²) in [6.07, 6.45) is 0.817. The Balaban J connectivity index is 2.22. The Kier molecular flexibility index (Phi) is 3.18. The van der Waals surface area contributed by atoms with Gasteiger partial charge in [-0.1, -0.05) is 12.1 Å². The normalized spacial score (nSPS) is 9.93. The monoisotopic (exact) mass is 282 g/mol. The van der Waals surface area contributed by atoms with Crippen molar-refractivity contribution in [2.45, 2.75) is 0 Å². The third kappa shape index (κ3) is 2.46. The number of hydrogen-bond acceptors (Lipinski definition) is 3. The summed E-state index contributed by atoms with van der Waals surface area (Å²) in [4.78, 5) is 11.1. The Morgan fingerprint density at radius 2 is 2.13 bits per heavy atom. The van der Waals surface area contributed by atoms with Crippen LogP contribution in [-0.4, -0.2) is 6.29 Å². The van der Waals surface area contributed by atoms with Crippen molar-refractivity contribution in [3.8, 4) is 11.5 Å². The zero-order valence-corrected chi connectivity index (χ0v) is 10.0. The van der Waals surface area contributed by atoms with Gasteiger partial charge in [-0.25, -0.2) is 0 Å². The minimum Gasteiger partial charge on any atom is -0.455 e. The molecule has 15 heavy (non-hydrogen) atoms. The van der Waals surface area contributed by atoms with Gasteiger partial charge in [0.05, 0.1) is 9.35 Å². The van der Waals surface area contributed by atoms with Gasteiger partial charge in [0.1, 0.15) is 11.5 Å². The van der Waals surface area contributed by atoms with Gasteiger partial charge in [-0.2, -0.15) is 0 Å². The summed E-state index contributed by atoms with van der Waals surface area (Å²) < 4.78 is 6.49. The Bertz CT molecular complexity index is 479. The topological polar surface area (TPSA) is 26.3 Å². The van der Waals surface area contributed by atoms with Crippen LogP contribution in [0.25, 0.3) is 0 Å². The molecule has 2 nitrogen and oxygen atoms in total. The van der Waals surface area contributed by atoms with Crippen molar-refractivity contribution >= 4 is 33.6 Å². The number of benzene rings is 1. The molecule has 0 unspecified atom stereocenters. The summed E-state index contributed by atoms with van der Waals surface area (Å²) in [5, 5.41) is 1.81. The van der Waals surface area contributed by atoms with E-state index in [1.165, 1.54) is 11.3 Å². The van der Waals surface area contributed by atoms with Gasteiger partial charge in [-0.05, 0) is 28.1 Å². The van der Waals surface area contributed by atoms with Crippen LogP contribution < -0.4 is 4.74 Å². The summed E-state index contributed by atoms with van der Waals surface area (Å²) in [7, 11) is 0. The SMILES string of the molecule is O=Cc1cc(Oc2ccccc2Br)cs1. The maximum absolute atomic E-state index is 10.5. The van der Waals surface area contributed by atoms with E-state index in [4.69, 9.17) is 4.74 Å². The fourth-order valence-corrected chi connectivity index (χ4v) is 2.08. The molecule has 2 rings (SSSR count). The standard InChI is InChI=1S/C11H7BrO2S/c12-10-3-1-2-4-11(10)14-8-5-9(6-13)15-7-8/h1-7H. The molecule has 0 atom stereocenters. The van der Waals surface area contributed by atoms with Crippen LogP contribution in [0.5, 0.6) is 11.5 Å². The van der Waals surface area contributed by atoms with Crippen LogP contribution in [0.15, 0.2) is 40.2 Å². The van der Waals surface area contributed by atoms with Gasteiger partial charge in [0.2, 0.25) is 0 Å². The minimum atomic E-state index is 0.664. The molecule has 2 aromatic rings. The van der Waals surface area contributed by atoms with Crippen molar-refractivity contribution in [2.75, 3.05) is 0 Å². The van der Waals surface area contributed by atoms with Crippen molar-refractivity contribution in [2.24, 2.45) is 0 Å². The van der Waals surface area contributed by atoms with E-state index >= 15 is 0 Å². The van der Waals surface area contributed by atoms with Crippen LogP contribution in [0, 0.1) is 0 Å². The molecule has 0 saturated heterocycles. The quantitative estimate of drug-likeness (QED) is 0.792. The van der Waals surface area contributed by atoms with Gasteiger partial charge >= 0.3 is 0 Å². The number of thiophene rings is 1. The number of carbonyl (C=O) groups excluding carboxylic acids is 1. The molecule has 0 amide bonds. The van der Waals surface area contributed by atoms with Gasteiger partial charge in [-0.15, -0.1) is 11.3 Å². The number of para-hydroxylation sites is 1. The van der Waals surface area contributed by atoms with E-state index in [9.17, 15) is 4.79 Å². The first kappa shape index (κ1) is 10.4. The average molecular weight is 283 g/mol. The van der Waals surface area contributed by atoms with E-state index in [-0.39, 0.29) is 0 Å². The summed E-state index contributed by atoms with van der Waals surface area (Å²) in [6, 6.07) is 9.30. The lowest BCUT2D eigenvalue weighted by Gasteiger charge is -2.04. The number of aldehydes is 1. The highest BCUT2D eigenvalue weighted by atomic mass is 79.9. The highest BCUT2D eigenvalue weighted by Gasteiger charge is 2.03. The number of carbonyl (C=O) groups is 1. The Hall–Kier alpha value is -1.13. The van der Waals surface area contributed by atoms with E-state index < -0.39 is 0 Å². The van der Waals surface area contributed by atoms with Gasteiger partial charge in [0.15, 0.2) is 6.29 Å². The number of halogens is 1. The molecule has 0 radical (unpaired) electrons. The van der Waals surface area contributed by atoms with Crippen molar-refractivity contribution < 1.29 is 9.53 Å². The maximum Gasteiger partial charge on any atom is 0.160 e. The zero-order chi connectivity index (χ0) is 10.7. The first-order chi connectivity index (χ1) is 7.29. The lowest BCUT2D eigenvalue weighted by molar-refractivity contribution is 0.112. The molecule has 1 heterocycles. The molecule has 0 saturated carbocycles. The van der Waals surface area contributed by atoms with Crippen molar-refractivity contribution in [1.29, 1.82) is 0 Å². The van der Waals surface area contributed by atoms with Crippen LogP contribution in [-0.2, 0) is 0 Å². The third-order valence-corrected chi connectivity index (χ3v) is 3.27. The van der Waals surface area contributed by atoms with Gasteiger partial charge in [0, 0.05) is 11.4 Å². The van der Waals surface area contributed by atoms with Gasteiger partial charge in [0.25, 0.3) is 0 Å². The molecule has 1 aromatic carbocycles. The smallest absolute Gasteiger partial charge is 0.160 e. The average Bonchev–Trinajstić information content (AvgIpc) is 2.69. The minimum absolute atomic E-state index is 0.664. The molecule has 0 aliphatic carbocycles. The molecule has 0 N–H and O–H groups in total. The van der Waals surface area contributed by atoms with Gasteiger partial charge < -0.3 is 4.74 Å². The molecule has 76 valence electrons. The van der Waals surface area contributed by atoms with Crippen LogP contribution >= 0.6 is 27.3 Å². The Morgan fingerprint density at radius 1 is 1.33 bits per heavy atom. The van der Waals surface area contributed by atoms with Crippen LogP contribution in [0.2, 0.25) is 0 Å². The van der Waals surface area contributed by atoms with E-state index in [1.807, 2.05) is 29.6 Å². The predicted molar refractivity (Wildman–Crippen MR) is 63.9 cm³/mol. The van der Waals surface area contributed by atoms with Crippen molar-refractivity contribution in [3.05, 3.63) is 45.1 Å². The first-order valence-electron chi connectivity index (χ1n) is 4.25. The number of rotatable bonds is 3. The second-order valence-corrected chi connectivity index (χ2v) is 4.63. The molecule has 4 heteroatoms. The van der Waals surface area contributed by atoms with Crippen molar-refractivity contribution in [1.82, 2.24) is 0 Å². The molecule has 0 fully saturated rings. The fourth-order valence-electron chi connectivity index (χ4n) is 1.10. The molecule has 0 aliphatic heterocycles. The molecule has 0 spiro atoms. The summed E-state index contributed by atoms with van der Waals surface area (Å²) >= 11 is 4.75. The summed E-state index contributed by atoms with van der Waals surface area (Å²) in [5.41, 5.74) is 0. The molecular weight excluding hydrogens is 276 g/mol.